The van der Waals surface area contributed by atoms with Crippen LogP contribution >= 0.6 is 11.6 Å². The normalized spacial score (nSPS) is 19.8. The molecule has 1 aliphatic rings. The molecular formula is C21H20ClN3O. The van der Waals surface area contributed by atoms with Gasteiger partial charge in [-0.2, -0.15) is 0 Å². The lowest BCUT2D eigenvalue weighted by Crippen LogP contribution is -2.29. The number of hydrogen-bond acceptors (Lipinski definition) is 2. The van der Waals surface area contributed by atoms with Gasteiger partial charge in [0.2, 0.25) is 5.91 Å². The molecule has 0 bridgehead atoms. The van der Waals surface area contributed by atoms with E-state index in [4.69, 9.17) is 11.6 Å². The molecule has 0 radical (unpaired) electrons. The van der Waals surface area contributed by atoms with Crippen LogP contribution in [0.1, 0.15) is 36.7 Å². The van der Waals surface area contributed by atoms with Gasteiger partial charge in [0.25, 0.3) is 0 Å². The number of benzene rings is 2. The van der Waals surface area contributed by atoms with Crippen LogP contribution < -0.4 is 5.32 Å². The summed E-state index contributed by atoms with van der Waals surface area (Å²) in [4.78, 5) is 20.3. The van der Waals surface area contributed by atoms with Gasteiger partial charge < -0.3 is 10.3 Å². The van der Waals surface area contributed by atoms with E-state index in [2.05, 4.69) is 15.3 Å². The van der Waals surface area contributed by atoms with Crippen LogP contribution in [0.25, 0.3) is 11.3 Å². The molecule has 4 rings (SSSR count). The van der Waals surface area contributed by atoms with Crippen molar-refractivity contribution in [2.24, 2.45) is 5.92 Å². The van der Waals surface area contributed by atoms with Crippen LogP contribution in [0.4, 0.5) is 0 Å². The number of imidazole rings is 1. The molecule has 0 aliphatic heterocycles. The van der Waals surface area contributed by atoms with Gasteiger partial charge in [0, 0.05) is 10.9 Å². The molecule has 1 aliphatic carbocycles. The lowest BCUT2D eigenvalue weighted by molar-refractivity contribution is -0.123. The molecule has 3 unspecified atom stereocenters. The molecule has 1 heterocycles. The number of aromatic amines is 1. The summed E-state index contributed by atoms with van der Waals surface area (Å²) in [6.07, 6.45) is 2.65. The number of amides is 1. The molecule has 5 heteroatoms. The highest BCUT2D eigenvalue weighted by molar-refractivity contribution is 6.31. The van der Waals surface area contributed by atoms with E-state index in [1.165, 1.54) is 0 Å². The van der Waals surface area contributed by atoms with Crippen molar-refractivity contribution < 1.29 is 4.79 Å². The quantitative estimate of drug-likeness (QED) is 0.687. The number of nitrogens with one attached hydrogen (secondary N) is 2. The molecule has 1 aromatic heterocycles. The molecule has 3 atom stereocenters. The number of aromatic nitrogens is 2. The minimum atomic E-state index is -0.174. The summed E-state index contributed by atoms with van der Waals surface area (Å²) >= 11 is 6.25. The molecule has 0 saturated heterocycles. The maximum absolute atomic E-state index is 12.6. The summed E-state index contributed by atoms with van der Waals surface area (Å²) in [6, 6.07) is 17.6. The molecule has 26 heavy (non-hydrogen) atoms. The fraction of sp³-hybridized carbons (Fsp3) is 0.238. The Bertz CT molecular complexity index is 922. The van der Waals surface area contributed by atoms with Gasteiger partial charge in [-0.1, -0.05) is 60.1 Å². The molecule has 1 amide bonds. The molecule has 1 saturated carbocycles. The van der Waals surface area contributed by atoms with Crippen LogP contribution in [0.2, 0.25) is 5.02 Å². The zero-order valence-electron chi connectivity index (χ0n) is 14.4. The lowest BCUT2D eigenvalue weighted by atomic mass is 10.1. The van der Waals surface area contributed by atoms with Crippen LogP contribution in [0.3, 0.4) is 0 Å². The Labute approximate surface area is 157 Å². The summed E-state index contributed by atoms with van der Waals surface area (Å²) in [7, 11) is 0. The van der Waals surface area contributed by atoms with Gasteiger partial charge in [0.15, 0.2) is 0 Å². The second kappa shape index (κ2) is 6.96. The third-order valence-corrected chi connectivity index (χ3v) is 5.23. The Balaban J connectivity index is 1.40. The van der Waals surface area contributed by atoms with Crippen LogP contribution in [-0.4, -0.2) is 15.9 Å². The maximum Gasteiger partial charge on any atom is 0.224 e. The predicted molar refractivity (Wildman–Crippen MR) is 103 cm³/mol. The second-order valence-corrected chi connectivity index (χ2v) is 7.16. The van der Waals surface area contributed by atoms with Gasteiger partial charge in [-0.25, -0.2) is 4.98 Å². The molecule has 0 spiro atoms. The Morgan fingerprint density at radius 2 is 1.92 bits per heavy atom. The number of halogens is 1. The van der Waals surface area contributed by atoms with Crippen molar-refractivity contribution in [3.05, 3.63) is 77.2 Å². The van der Waals surface area contributed by atoms with Crippen molar-refractivity contribution in [2.75, 3.05) is 0 Å². The Morgan fingerprint density at radius 1 is 1.19 bits per heavy atom. The fourth-order valence-corrected chi connectivity index (χ4v) is 3.59. The van der Waals surface area contributed by atoms with E-state index in [9.17, 15) is 4.79 Å². The van der Waals surface area contributed by atoms with E-state index >= 15 is 0 Å². The summed E-state index contributed by atoms with van der Waals surface area (Å²) < 4.78 is 0. The number of carbonyl (C=O) groups excluding carboxylic acids is 1. The van der Waals surface area contributed by atoms with E-state index in [0.29, 0.717) is 0 Å². The number of nitrogens with zero attached hydrogens (tertiary/aromatic N) is 1. The predicted octanol–water partition coefficient (Wildman–Crippen LogP) is 4.71. The molecule has 2 aromatic carbocycles. The van der Waals surface area contributed by atoms with Crippen molar-refractivity contribution in [1.29, 1.82) is 0 Å². The zero-order chi connectivity index (χ0) is 18.1. The van der Waals surface area contributed by atoms with Crippen molar-refractivity contribution in [2.45, 2.75) is 25.3 Å². The third-order valence-electron chi connectivity index (χ3n) is 4.88. The Hall–Kier alpha value is -2.59. The zero-order valence-corrected chi connectivity index (χ0v) is 15.2. The first-order valence-electron chi connectivity index (χ1n) is 8.78. The van der Waals surface area contributed by atoms with Gasteiger partial charge in [-0.3, -0.25) is 4.79 Å². The molecular weight excluding hydrogens is 346 g/mol. The minimum absolute atomic E-state index is 0.0131. The lowest BCUT2D eigenvalue weighted by Gasteiger charge is -2.12. The summed E-state index contributed by atoms with van der Waals surface area (Å²) in [5.74, 6) is 1.01. The minimum Gasteiger partial charge on any atom is -0.346 e. The summed E-state index contributed by atoms with van der Waals surface area (Å²) in [6.45, 7) is 1.94. The maximum atomic E-state index is 12.6. The van der Waals surface area contributed by atoms with Gasteiger partial charge in [-0.15, -0.1) is 0 Å². The van der Waals surface area contributed by atoms with Crippen LogP contribution in [-0.2, 0) is 4.79 Å². The van der Waals surface area contributed by atoms with Crippen LogP contribution in [0, 0.1) is 5.92 Å². The van der Waals surface area contributed by atoms with Gasteiger partial charge in [-0.05, 0) is 36.5 Å². The topological polar surface area (TPSA) is 57.8 Å². The van der Waals surface area contributed by atoms with Gasteiger partial charge in [0.1, 0.15) is 5.82 Å². The third kappa shape index (κ3) is 3.37. The molecule has 2 N–H and O–H groups in total. The van der Waals surface area contributed by atoms with Crippen LogP contribution in [0.5, 0.6) is 0 Å². The van der Waals surface area contributed by atoms with Gasteiger partial charge >= 0.3 is 0 Å². The highest BCUT2D eigenvalue weighted by Crippen LogP contribution is 2.49. The van der Waals surface area contributed by atoms with Crippen molar-refractivity contribution >= 4 is 17.5 Å². The second-order valence-electron chi connectivity index (χ2n) is 6.75. The number of hydrogen-bond donors (Lipinski definition) is 2. The number of rotatable bonds is 5. The highest BCUT2D eigenvalue weighted by Gasteiger charge is 2.45. The molecule has 3 aromatic rings. The Morgan fingerprint density at radius 3 is 2.69 bits per heavy atom. The highest BCUT2D eigenvalue weighted by atomic mass is 35.5. The summed E-state index contributed by atoms with van der Waals surface area (Å²) in [5, 5.41) is 3.80. The first-order chi connectivity index (χ1) is 12.6. The van der Waals surface area contributed by atoms with E-state index in [1.54, 1.807) is 6.20 Å². The average Bonchev–Trinajstić information content (AvgIpc) is 3.30. The molecule has 132 valence electrons. The van der Waals surface area contributed by atoms with E-state index in [1.807, 2.05) is 61.5 Å². The van der Waals surface area contributed by atoms with E-state index < -0.39 is 0 Å². The Kier molecular flexibility index (Phi) is 4.51. The first-order valence-corrected chi connectivity index (χ1v) is 9.16. The number of carbonyl (C=O) groups is 1. The SMILES string of the molecule is CC(NC(=O)C1CC1c1ccccc1Cl)c1ncc(-c2ccccc2)[nH]1. The van der Waals surface area contributed by atoms with E-state index in [-0.39, 0.29) is 23.8 Å². The largest absolute Gasteiger partial charge is 0.346 e. The van der Waals surface area contributed by atoms with Crippen molar-refractivity contribution in [3.8, 4) is 11.3 Å². The summed E-state index contributed by atoms with van der Waals surface area (Å²) in [5.41, 5.74) is 3.08. The van der Waals surface area contributed by atoms with E-state index in [0.717, 1.165) is 34.1 Å². The number of H-pyrrole nitrogens is 1. The average molecular weight is 366 g/mol. The monoisotopic (exact) mass is 365 g/mol. The van der Waals surface area contributed by atoms with Crippen molar-refractivity contribution in [1.82, 2.24) is 15.3 Å². The smallest absolute Gasteiger partial charge is 0.224 e. The van der Waals surface area contributed by atoms with Gasteiger partial charge in [0.05, 0.1) is 17.9 Å². The first kappa shape index (κ1) is 16.9. The molecule has 4 nitrogen and oxygen atoms in total. The van der Waals surface area contributed by atoms with Crippen molar-refractivity contribution in [3.63, 3.8) is 0 Å². The standard InChI is InChI=1S/C21H20ClN3O/c1-13(20-23-12-19(25-20)14-7-3-2-4-8-14)24-21(26)17-11-16(17)15-9-5-6-10-18(15)22/h2-10,12-13,16-17H,11H2,1H3,(H,23,25)(H,24,26). The molecule has 1 fully saturated rings. The fourth-order valence-electron chi connectivity index (χ4n) is 3.31. The van der Waals surface area contributed by atoms with Crippen LogP contribution in [0.15, 0.2) is 60.8 Å².